The van der Waals surface area contributed by atoms with Crippen LogP contribution in [0.25, 0.3) is 0 Å². The SMILES string of the molecule is CN(CC(=N)/C(Br)=C(\N)C#N)C(=O)OC(C)(C)C. The third kappa shape index (κ3) is 5.68. The molecule has 0 saturated heterocycles. The van der Waals surface area contributed by atoms with Crippen LogP contribution in [0.5, 0.6) is 0 Å². The molecule has 0 aliphatic rings. The number of nitrogens with two attached hydrogens (primary N) is 1. The van der Waals surface area contributed by atoms with Crippen LogP contribution in [0.2, 0.25) is 0 Å². The van der Waals surface area contributed by atoms with E-state index in [0.29, 0.717) is 0 Å². The van der Waals surface area contributed by atoms with Crippen molar-refractivity contribution in [3.63, 3.8) is 0 Å². The Hall–Kier alpha value is -1.55. The molecule has 0 unspecified atom stereocenters. The van der Waals surface area contributed by atoms with Crippen LogP contribution in [0.1, 0.15) is 20.8 Å². The molecule has 0 atom stereocenters. The fraction of sp³-hybridized carbons (Fsp3) is 0.545. The number of nitrogens with one attached hydrogen (secondary N) is 1. The van der Waals surface area contributed by atoms with Gasteiger partial charge in [0, 0.05) is 7.05 Å². The van der Waals surface area contributed by atoms with Gasteiger partial charge >= 0.3 is 6.09 Å². The molecule has 0 fully saturated rings. The van der Waals surface area contributed by atoms with Crippen molar-refractivity contribution in [3.8, 4) is 6.07 Å². The molecular weight excluding hydrogens is 300 g/mol. The number of hydrogen-bond donors (Lipinski definition) is 2. The lowest BCUT2D eigenvalue weighted by Gasteiger charge is -2.24. The monoisotopic (exact) mass is 316 g/mol. The molecule has 0 aromatic carbocycles. The zero-order chi connectivity index (χ0) is 14.5. The molecule has 0 aliphatic heterocycles. The first-order valence-corrected chi connectivity index (χ1v) is 5.95. The lowest BCUT2D eigenvalue weighted by atomic mass is 10.2. The van der Waals surface area contributed by atoms with Crippen molar-refractivity contribution >= 4 is 27.7 Å². The number of carbonyl (C=O) groups excluding carboxylic acids is 1. The first-order chi connectivity index (χ1) is 8.08. The Bertz CT molecular complexity index is 418. The fourth-order valence-electron chi connectivity index (χ4n) is 0.923. The van der Waals surface area contributed by atoms with Crippen LogP contribution in [0, 0.1) is 16.7 Å². The lowest BCUT2D eigenvalue weighted by Crippen LogP contribution is -2.37. The summed E-state index contributed by atoms with van der Waals surface area (Å²) in [5, 5.41) is 16.3. The van der Waals surface area contributed by atoms with Crippen LogP contribution in [0.15, 0.2) is 10.2 Å². The van der Waals surface area contributed by atoms with Crippen LogP contribution in [-0.4, -0.2) is 35.9 Å². The Labute approximate surface area is 115 Å². The third-order valence-electron chi connectivity index (χ3n) is 1.72. The summed E-state index contributed by atoms with van der Waals surface area (Å²) in [6.07, 6.45) is -0.539. The number of allylic oxidation sites excluding steroid dienone is 1. The molecule has 3 N–H and O–H groups in total. The predicted octanol–water partition coefficient (Wildman–Crippen LogP) is 1.96. The van der Waals surface area contributed by atoms with Crippen LogP contribution in [0.4, 0.5) is 4.79 Å². The molecule has 0 radical (unpaired) electrons. The normalized spacial score (nSPS) is 12.2. The summed E-state index contributed by atoms with van der Waals surface area (Å²) in [5.74, 6) is 0. The number of nitriles is 1. The van der Waals surface area contributed by atoms with Crippen LogP contribution in [-0.2, 0) is 4.74 Å². The van der Waals surface area contributed by atoms with E-state index in [9.17, 15) is 4.79 Å². The molecule has 0 aromatic rings. The highest BCUT2D eigenvalue weighted by molar-refractivity contribution is 9.12. The van der Waals surface area contributed by atoms with Gasteiger partial charge in [0.25, 0.3) is 0 Å². The number of amides is 1. The number of ether oxygens (including phenoxy) is 1. The zero-order valence-corrected chi connectivity index (χ0v) is 12.5. The van der Waals surface area contributed by atoms with Crippen molar-refractivity contribution in [2.75, 3.05) is 13.6 Å². The molecule has 0 aromatic heterocycles. The summed E-state index contributed by atoms with van der Waals surface area (Å²) >= 11 is 3.04. The van der Waals surface area contributed by atoms with Crippen molar-refractivity contribution < 1.29 is 9.53 Å². The summed E-state index contributed by atoms with van der Waals surface area (Å²) in [4.78, 5) is 12.9. The summed E-state index contributed by atoms with van der Waals surface area (Å²) < 4.78 is 5.31. The molecule has 0 saturated carbocycles. The smallest absolute Gasteiger partial charge is 0.410 e. The average molecular weight is 317 g/mol. The van der Waals surface area contributed by atoms with E-state index in [-0.39, 0.29) is 22.4 Å². The number of hydrogen-bond acceptors (Lipinski definition) is 5. The van der Waals surface area contributed by atoms with Gasteiger partial charge in [-0.3, -0.25) is 0 Å². The number of halogens is 1. The van der Waals surface area contributed by atoms with Gasteiger partial charge in [0.15, 0.2) is 0 Å². The Balaban J connectivity index is 4.61. The Morgan fingerprint density at radius 2 is 2.06 bits per heavy atom. The summed E-state index contributed by atoms with van der Waals surface area (Å²) in [6.45, 7) is 5.27. The van der Waals surface area contributed by atoms with Crippen molar-refractivity contribution in [2.24, 2.45) is 5.73 Å². The van der Waals surface area contributed by atoms with Gasteiger partial charge in [0.2, 0.25) is 0 Å². The Morgan fingerprint density at radius 3 is 2.44 bits per heavy atom. The zero-order valence-electron chi connectivity index (χ0n) is 10.9. The van der Waals surface area contributed by atoms with Crippen LogP contribution < -0.4 is 5.73 Å². The van der Waals surface area contributed by atoms with E-state index >= 15 is 0 Å². The van der Waals surface area contributed by atoms with Crippen LogP contribution >= 0.6 is 15.9 Å². The quantitative estimate of drug-likeness (QED) is 0.613. The van der Waals surface area contributed by atoms with E-state index in [4.69, 9.17) is 21.1 Å². The maximum Gasteiger partial charge on any atom is 0.410 e. The average Bonchev–Trinajstić information content (AvgIpc) is 2.24. The highest BCUT2D eigenvalue weighted by Crippen LogP contribution is 2.12. The van der Waals surface area contributed by atoms with Crippen molar-refractivity contribution in [3.05, 3.63) is 10.2 Å². The van der Waals surface area contributed by atoms with E-state index in [1.807, 2.05) is 0 Å². The topological polar surface area (TPSA) is 103 Å². The van der Waals surface area contributed by atoms with Gasteiger partial charge in [0.1, 0.15) is 17.4 Å². The lowest BCUT2D eigenvalue weighted by molar-refractivity contribution is 0.0324. The predicted molar refractivity (Wildman–Crippen MR) is 72.3 cm³/mol. The van der Waals surface area contributed by atoms with Gasteiger partial charge < -0.3 is 20.8 Å². The molecule has 6 nitrogen and oxygen atoms in total. The Morgan fingerprint density at radius 1 is 1.56 bits per heavy atom. The second-order valence-corrected chi connectivity index (χ2v) is 5.45. The van der Waals surface area contributed by atoms with E-state index in [1.165, 1.54) is 11.9 Å². The molecule has 1 amide bonds. The molecular formula is C11H17BrN4O2. The molecule has 0 rings (SSSR count). The van der Waals surface area contributed by atoms with E-state index < -0.39 is 11.7 Å². The first kappa shape index (κ1) is 16.4. The molecule has 100 valence electrons. The Kier molecular flexibility index (Phi) is 5.85. The van der Waals surface area contributed by atoms with Crippen molar-refractivity contribution in [1.82, 2.24) is 4.90 Å². The highest BCUT2D eigenvalue weighted by atomic mass is 79.9. The molecule has 18 heavy (non-hydrogen) atoms. The highest BCUT2D eigenvalue weighted by Gasteiger charge is 2.21. The fourth-order valence-corrected chi connectivity index (χ4v) is 1.14. The maximum atomic E-state index is 11.6. The number of nitrogens with zero attached hydrogens (tertiary/aromatic N) is 2. The third-order valence-corrected chi connectivity index (χ3v) is 2.63. The van der Waals surface area contributed by atoms with Crippen molar-refractivity contribution in [2.45, 2.75) is 26.4 Å². The minimum Gasteiger partial charge on any atom is -0.444 e. The first-order valence-electron chi connectivity index (χ1n) is 5.15. The van der Waals surface area contributed by atoms with E-state index in [1.54, 1.807) is 26.8 Å². The largest absolute Gasteiger partial charge is 0.444 e. The second-order valence-electron chi connectivity index (χ2n) is 4.65. The number of rotatable bonds is 3. The summed E-state index contributed by atoms with van der Waals surface area (Å²) in [7, 11) is 1.51. The standard InChI is InChI=1S/C11H17BrN4O2/c1-11(2,3)18-10(17)16(4)6-8(15)9(12)7(14)5-13/h15H,6,14H2,1-4H3/b9-7+,15-8?. The van der Waals surface area contributed by atoms with Crippen molar-refractivity contribution in [1.29, 1.82) is 10.7 Å². The minimum atomic E-state index is -0.591. The van der Waals surface area contributed by atoms with Gasteiger partial charge in [-0.15, -0.1) is 0 Å². The van der Waals surface area contributed by atoms with Gasteiger partial charge in [-0.25, -0.2) is 4.79 Å². The summed E-state index contributed by atoms with van der Waals surface area (Å²) in [6, 6.07) is 1.72. The molecule has 0 spiro atoms. The second kappa shape index (κ2) is 6.40. The van der Waals surface area contributed by atoms with Crippen LogP contribution in [0.3, 0.4) is 0 Å². The minimum absolute atomic E-state index is 0.00211. The van der Waals surface area contributed by atoms with Gasteiger partial charge in [-0.1, -0.05) is 0 Å². The van der Waals surface area contributed by atoms with Gasteiger partial charge in [0.05, 0.1) is 16.7 Å². The molecule has 0 heterocycles. The van der Waals surface area contributed by atoms with E-state index in [0.717, 1.165) is 0 Å². The van der Waals surface area contributed by atoms with E-state index in [2.05, 4.69) is 15.9 Å². The van der Waals surface area contributed by atoms with Gasteiger partial charge in [-0.05, 0) is 36.7 Å². The molecule has 0 aliphatic carbocycles. The molecule has 7 heteroatoms. The maximum absolute atomic E-state index is 11.6. The van der Waals surface area contributed by atoms with Gasteiger partial charge in [-0.2, -0.15) is 5.26 Å². The molecule has 0 bridgehead atoms. The number of carbonyl (C=O) groups is 1. The summed E-state index contributed by atoms with van der Waals surface area (Å²) in [5.41, 5.74) is 4.71.